The van der Waals surface area contributed by atoms with Crippen molar-refractivity contribution in [1.29, 1.82) is 0 Å². The van der Waals surface area contributed by atoms with E-state index in [2.05, 4.69) is 23.7 Å². The highest BCUT2D eigenvalue weighted by molar-refractivity contribution is 7.26. The Labute approximate surface area is 203 Å². The van der Waals surface area contributed by atoms with E-state index < -0.39 is 12.2 Å². The minimum Gasteiger partial charge on any atom is -0.392 e. The molecule has 1 fully saturated rings. The van der Waals surface area contributed by atoms with Gasteiger partial charge < -0.3 is 29.5 Å². The molecule has 9 nitrogen and oxygen atoms in total. The minimum absolute atomic E-state index is 0.279. The van der Waals surface area contributed by atoms with E-state index in [0.29, 0.717) is 32.9 Å². The number of rotatable bonds is 6. The Morgan fingerprint density at radius 3 is 2.50 bits per heavy atom. The maximum Gasteiger partial charge on any atom is 0.150 e. The molecule has 0 radical (unpaired) electrons. The van der Waals surface area contributed by atoms with Crippen molar-refractivity contribution >= 4 is 43.4 Å². The molecule has 5 heterocycles. The van der Waals surface area contributed by atoms with Crippen LogP contribution in [-0.4, -0.2) is 82.4 Å². The zero-order valence-electron chi connectivity index (χ0n) is 20.2. The Morgan fingerprint density at radius 1 is 1.12 bits per heavy atom. The van der Waals surface area contributed by atoms with Crippen molar-refractivity contribution in [2.75, 3.05) is 49.2 Å². The van der Waals surface area contributed by atoms with Gasteiger partial charge in [0.1, 0.15) is 22.8 Å². The molecule has 0 saturated carbocycles. The highest BCUT2D eigenvalue weighted by Crippen LogP contribution is 2.44. The van der Waals surface area contributed by atoms with Gasteiger partial charge in [-0.3, -0.25) is 0 Å². The monoisotopic (exact) mass is 487 g/mol. The minimum atomic E-state index is -0.560. The van der Waals surface area contributed by atoms with Crippen molar-refractivity contribution in [2.45, 2.75) is 58.5 Å². The summed E-state index contributed by atoms with van der Waals surface area (Å²) >= 11 is 1.58. The number of ether oxygens (including phenoxy) is 2. The van der Waals surface area contributed by atoms with Crippen LogP contribution in [0.5, 0.6) is 0 Å². The fourth-order valence-corrected chi connectivity index (χ4v) is 6.10. The third kappa shape index (κ3) is 4.45. The highest BCUT2D eigenvalue weighted by Gasteiger charge is 2.33. The number of nitrogens with zero attached hydrogens (tertiary/aromatic N) is 5. The van der Waals surface area contributed by atoms with Crippen LogP contribution < -0.4 is 9.80 Å². The quantitative estimate of drug-likeness (QED) is 0.543. The first-order valence-electron chi connectivity index (χ1n) is 11.9. The molecule has 184 valence electrons. The van der Waals surface area contributed by atoms with Gasteiger partial charge in [0, 0.05) is 43.5 Å². The van der Waals surface area contributed by atoms with Gasteiger partial charge in [0.25, 0.3) is 0 Å². The lowest BCUT2D eigenvalue weighted by atomic mass is 9.90. The number of aromatic nitrogens is 3. The zero-order valence-corrected chi connectivity index (χ0v) is 21.1. The molecular formula is C24H33N5O4S. The average Bonchev–Trinajstić information content (AvgIpc) is 3.16. The van der Waals surface area contributed by atoms with Crippen LogP contribution >= 0.6 is 11.3 Å². The molecule has 3 aromatic rings. The SMILES string of the molecule is C[C@H](O)CN(C[C@H](C)O)c1ncnc2c1sc1nc(N3CCOCC3)c3c(c12)CC(C)(C)OC3. The first kappa shape index (κ1) is 23.6. The van der Waals surface area contributed by atoms with E-state index in [-0.39, 0.29) is 5.60 Å². The van der Waals surface area contributed by atoms with Gasteiger partial charge >= 0.3 is 0 Å². The smallest absolute Gasteiger partial charge is 0.150 e. The predicted molar refractivity (Wildman–Crippen MR) is 134 cm³/mol. The van der Waals surface area contributed by atoms with Crippen molar-refractivity contribution in [3.05, 3.63) is 17.5 Å². The lowest BCUT2D eigenvalue weighted by molar-refractivity contribution is -0.0396. The summed E-state index contributed by atoms with van der Waals surface area (Å²) in [7, 11) is 0. The molecule has 0 bridgehead atoms. The molecule has 2 aliphatic heterocycles. The second-order valence-electron chi connectivity index (χ2n) is 9.98. The van der Waals surface area contributed by atoms with E-state index in [1.807, 2.05) is 4.90 Å². The van der Waals surface area contributed by atoms with E-state index in [4.69, 9.17) is 19.4 Å². The Morgan fingerprint density at radius 2 is 1.82 bits per heavy atom. The van der Waals surface area contributed by atoms with Gasteiger partial charge in [0.2, 0.25) is 0 Å². The van der Waals surface area contributed by atoms with Crippen LogP contribution in [0, 0.1) is 0 Å². The molecule has 0 aromatic carbocycles. The van der Waals surface area contributed by atoms with Crippen LogP contribution in [0.3, 0.4) is 0 Å². The van der Waals surface area contributed by atoms with Crippen molar-refractivity contribution in [2.24, 2.45) is 0 Å². The molecule has 1 saturated heterocycles. The third-order valence-corrected chi connectivity index (χ3v) is 7.44. The zero-order chi connectivity index (χ0) is 24.0. The molecule has 2 N–H and O–H groups in total. The van der Waals surface area contributed by atoms with E-state index >= 15 is 0 Å². The summed E-state index contributed by atoms with van der Waals surface area (Å²) in [5.74, 6) is 1.70. The maximum atomic E-state index is 10.1. The molecule has 34 heavy (non-hydrogen) atoms. The van der Waals surface area contributed by atoms with Gasteiger partial charge in [-0.15, -0.1) is 11.3 Å². The molecule has 0 aliphatic carbocycles. The Hall–Kier alpha value is -2.11. The van der Waals surface area contributed by atoms with E-state index in [1.54, 1.807) is 31.5 Å². The van der Waals surface area contributed by atoms with Gasteiger partial charge in [-0.2, -0.15) is 0 Å². The second-order valence-corrected chi connectivity index (χ2v) is 11.0. The average molecular weight is 488 g/mol. The Bertz CT molecular complexity index is 1180. The molecule has 3 aromatic heterocycles. The van der Waals surface area contributed by atoms with Crippen molar-refractivity contribution in [3.63, 3.8) is 0 Å². The first-order valence-corrected chi connectivity index (χ1v) is 12.7. The summed E-state index contributed by atoms with van der Waals surface area (Å²) in [5.41, 5.74) is 2.98. The number of fused-ring (bicyclic) bond motifs is 5. The summed E-state index contributed by atoms with van der Waals surface area (Å²) in [5, 5.41) is 21.3. The van der Waals surface area contributed by atoms with Crippen LogP contribution in [0.1, 0.15) is 38.8 Å². The third-order valence-electron chi connectivity index (χ3n) is 6.37. The standard InChI is InChI=1S/C24H33N5O4S/c1-14(30)10-29(11-15(2)31)22-20-19(25-13-26-22)18-16-9-24(3,4)33-12-17(16)21(27-23(18)34-20)28-5-7-32-8-6-28/h13-15,30-31H,5-12H2,1-4H3/t14-,15-/m0/s1. The van der Waals surface area contributed by atoms with Gasteiger partial charge in [0.05, 0.1) is 47.8 Å². The van der Waals surface area contributed by atoms with Gasteiger partial charge in [0.15, 0.2) is 0 Å². The van der Waals surface area contributed by atoms with Crippen LogP contribution in [0.4, 0.5) is 11.6 Å². The molecule has 0 amide bonds. The van der Waals surface area contributed by atoms with Crippen LogP contribution in [0.25, 0.3) is 20.4 Å². The number of pyridine rings is 1. The van der Waals surface area contributed by atoms with E-state index in [9.17, 15) is 10.2 Å². The van der Waals surface area contributed by atoms with Crippen molar-refractivity contribution in [3.8, 4) is 0 Å². The predicted octanol–water partition coefficient (Wildman–Crippen LogP) is 2.50. The van der Waals surface area contributed by atoms with E-state index in [0.717, 1.165) is 57.1 Å². The number of thiophene rings is 1. The molecule has 0 unspecified atom stereocenters. The maximum absolute atomic E-state index is 10.1. The first-order chi connectivity index (χ1) is 16.2. The summed E-state index contributed by atoms with van der Waals surface area (Å²) in [6, 6.07) is 0. The van der Waals surface area contributed by atoms with Crippen LogP contribution in [-0.2, 0) is 22.5 Å². The topological polar surface area (TPSA) is 104 Å². The molecular weight excluding hydrogens is 454 g/mol. The van der Waals surface area contributed by atoms with Crippen molar-refractivity contribution < 1.29 is 19.7 Å². The summed E-state index contributed by atoms with van der Waals surface area (Å²) in [6.45, 7) is 12.0. The van der Waals surface area contributed by atoms with E-state index in [1.165, 1.54) is 5.56 Å². The lowest BCUT2D eigenvalue weighted by Crippen LogP contribution is -2.39. The highest BCUT2D eigenvalue weighted by atomic mass is 32.1. The molecule has 5 rings (SSSR count). The molecule has 2 aliphatic rings. The normalized spacial score (nSPS) is 19.9. The molecule has 10 heteroatoms. The summed E-state index contributed by atoms with van der Waals surface area (Å²) in [4.78, 5) is 19.6. The fourth-order valence-electron chi connectivity index (χ4n) is 4.92. The summed E-state index contributed by atoms with van der Waals surface area (Å²) in [6.07, 6.45) is 1.23. The largest absolute Gasteiger partial charge is 0.392 e. The Balaban J connectivity index is 1.73. The summed E-state index contributed by atoms with van der Waals surface area (Å²) < 4.78 is 12.7. The number of anilines is 2. The number of hydrogen-bond acceptors (Lipinski definition) is 10. The lowest BCUT2D eigenvalue weighted by Gasteiger charge is -2.36. The number of aliphatic hydroxyl groups excluding tert-OH is 2. The van der Waals surface area contributed by atoms with Crippen LogP contribution in [0.15, 0.2) is 6.33 Å². The van der Waals surface area contributed by atoms with Crippen LogP contribution in [0.2, 0.25) is 0 Å². The number of morpholine rings is 1. The number of aliphatic hydroxyl groups is 2. The fraction of sp³-hybridized carbons (Fsp3) is 0.625. The van der Waals surface area contributed by atoms with Crippen molar-refractivity contribution in [1.82, 2.24) is 15.0 Å². The second kappa shape index (κ2) is 9.16. The van der Waals surface area contributed by atoms with Gasteiger partial charge in [-0.1, -0.05) is 0 Å². The Kier molecular flexibility index (Phi) is 6.36. The molecule has 2 atom stereocenters. The number of hydrogen-bond donors (Lipinski definition) is 2. The van der Waals surface area contributed by atoms with Gasteiger partial charge in [-0.05, 0) is 33.3 Å². The van der Waals surface area contributed by atoms with Gasteiger partial charge in [-0.25, -0.2) is 15.0 Å². The molecule has 0 spiro atoms.